The Balaban J connectivity index is 1.68. The van der Waals surface area contributed by atoms with Crippen LogP contribution in [0.4, 0.5) is 0 Å². The summed E-state index contributed by atoms with van der Waals surface area (Å²) < 4.78 is 0. The standard InChI is InChI=1S/C13H24N2/c1-13(2)11-5-14-6-12(13)9-15(8-11)7-10-3-4-10/h10-12,14H,3-9H2,1-2H3. The van der Waals surface area contributed by atoms with E-state index >= 15 is 0 Å². The Morgan fingerprint density at radius 1 is 1.13 bits per heavy atom. The zero-order valence-corrected chi connectivity index (χ0v) is 10.1. The van der Waals surface area contributed by atoms with E-state index in [1.807, 2.05) is 0 Å². The lowest BCUT2D eigenvalue weighted by molar-refractivity contribution is -0.0257. The molecule has 2 unspecified atom stereocenters. The van der Waals surface area contributed by atoms with E-state index in [0.717, 1.165) is 17.8 Å². The molecule has 0 aromatic rings. The molecular weight excluding hydrogens is 184 g/mol. The van der Waals surface area contributed by atoms with Crippen molar-refractivity contribution in [1.82, 2.24) is 10.2 Å². The minimum absolute atomic E-state index is 0.575. The Morgan fingerprint density at radius 3 is 2.27 bits per heavy atom. The van der Waals surface area contributed by atoms with Gasteiger partial charge in [0.1, 0.15) is 0 Å². The predicted molar refractivity (Wildman–Crippen MR) is 62.8 cm³/mol. The second-order valence-corrected chi connectivity index (χ2v) is 6.54. The highest BCUT2D eigenvalue weighted by Crippen LogP contribution is 2.43. The van der Waals surface area contributed by atoms with Crippen molar-refractivity contribution >= 4 is 0 Å². The molecule has 0 aromatic carbocycles. The molecule has 1 saturated carbocycles. The zero-order chi connectivity index (χ0) is 10.5. The van der Waals surface area contributed by atoms with E-state index in [9.17, 15) is 0 Å². The molecule has 3 aliphatic rings. The van der Waals surface area contributed by atoms with Crippen molar-refractivity contribution in [3.05, 3.63) is 0 Å². The molecule has 0 spiro atoms. The lowest BCUT2D eigenvalue weighted by atomic mass is 9.64. The fourth-order valence-electron chi connectivity index (χ4n) is 3.40. The summed E-state index contributed by atoms with van der Waals surface area (Å²) in [5.74, 6) is 2.81. The maximum absolute atomic E-state index is 3.61. The molecule has 0 aromatic heterocycles. The summed E-state index contributed by atoms with van der Waals surface area (Å²) in [4.78, 5) is 2.75. The topological polar surface area (TPSA) is 15.3 Å². The fraction of sp³-hybridized carbons (Fsp3) is 1.00. The van der Waals surface area contributed by atoms with Gasteiger partial charge in [-0.05, 0) is 49.1 Å². The number of fused-ring (bicyclic) bond motifs is 2. The molecule has 0 radical (unpaired) electrons. The Kier molecular flexibility index (Phi) is 2.33. The van der Waals surface area contributed by atoms with Crippen molar-refractivity contribution in [2.45, 2.75) is 26.7 Å². The average molecular weight is 208 g/mol. The first-order chi connectivity index (χ1) is 7.16. The van der Waals surface area contributed by atoms with Crippen LogP contribution >= 0.6 is 0 Å². The lowest BCUT2D eigenvalue weighted by Gasteiger charge is -2.53. The van der Waals surface area contributed by atoms with Crippen molar-refractivity contribution in [2.75, 3.05) is 32.7 Å². The van der Waals surface area contributed by atoms with E-state index in [1.54, 1.807) is 0 Å². The van der Waals surface area contributed by atoms with Gasteiger partial charge in [-0.1, -0.05) is 13.8 Å². The molecule has 3 rings (SSSR count). The van der Waals surface area contributed by atoms with Gasteiger partial charge in [-0.3, -0.25) is 0 Å². The highest BCUT2D eigenvalue weighted by molar-refractivity contribution is 4.98. The van der Waals surface area contributed by atoms with E-state index in [2.05, 4.69) is 24.1 Å². The lowest BCUT2D eigenvalue weighted by Crippen LogP contribution is -2.60. The van der Waals surface area contributed by atoms with E-state index in [4.69, 9.17) is 0 Å². The molecule has 2 bridgehead atoms. The molecule has 1 aliphatic carbocycles. The van der Waals surface area contributed by atoms with Crippen molar-refractivity contribution in [1.29, 1.82) is 0 Å². The monoisotopic (exact) mass is 208 g/mol. The molecule has 2 atom stereocenters. The average Bonchev–Trinajstić information content (AvgIpc) is 2.90. The molecule has 0 amide bonds. The van der Waals surface area contributed by atoms with Gasteiger partial charge in [0, 0.05) is 19.6 Å². The largest absolute Gasteiger partial charge is 0.316 e. The van der Waals surface area contributed by atoms with Crippen molar-refractivity contribution in [3.8, 4) is 0 Å². The molecule has 2 heteroatoms. The van der Waals surface area contributed by atoms with Gasteiger partial charge in [0.05, 0.1) is 0 Å². The van der Waals surface area contributed by atoms with E-state index in [1.165, 1.54) is 45.6 Å². The molecule has 2 nitrogen and oxygen atoms in total. The van der Waals surface area contributed by atoms with Crippen LogP contribution in [0.25, 0.3) is 0 Å². The van der Waals surface area contributed by atoms with Crippen LogP contribution in [0.15, 0.2) is 0 Å². The first kappa shape index (κ1) is 10.1. The van der Waals surface area contributed by atoms with Gasteiger partial charge in [0.25, 0.3) is 0 Å². The minimum atomic E-state index is 0.575. The molecule has 15 heavy (non-hydrogen) atoms. The maximum atomic E-state index is 3.61. The van der Waals surface area contributed by atoms with Crippen molar-refractivity contribution < 1.29 is 0 Å². The van der Waals surface area contributed by atoms with Crippen LogP contribution in [0.3, 0.4) is 0 Å². The van der Waals surface area contributed by atoms with Gasteiger partial charge in [0.15, 0.2) is 0 Å². The molecule has 2 heterocycles. The number of hydrogen-bond acceptors (Lipinski definition) is 2. The summed E-state index contributed by atoms with van der Waals surface area (Å²) in [5, 5.41) is 3.61. The van der Waals surface area contributed by atoms with Crippen LogP contribution in [-0.4, -0.2) is 37.6 Å². The first-order valence-corrected chi connectivity index (χ1v) is 6.59. The zero-order valence-electron chi connectivity index (χ0n) is 10.1. The summed E-state index contributed by atoms with van der Waals surface area (Å²) in [6.07, 6.45) is 2.99. The molecular formula is C13H24N2. The number of rotatable bonds is 2. The second kappa shape index (κ2) is 3.46. The van der Waals surface area contributed by atoms with Crippen LogP contribution < -0.4 is 5.32 Å². The Morgan fingerprint density at radius 2 is 1.73 bits per heavy atom. The van der Waals surface area contributed by atoms with Crippen LogP contribution in [0, 0.1) is 23.2 Å². The van der Waals surface area contributed by atoms with Crippen LogP contribution in [0.2, 0.25) is 0 Å². The predicted octanol–water partition coefficient (Wildman–Crippen LogP) is 1.57. The van der Waals surface area contributed by atoms with Gasteiger partial charge in [-0.2, -0.15) is 0 Å². The van der Waals surface area contributed by atoms with Crippen molar-refractivity contribution in [2.24, 2.45) is 23.2 Å². The van der Waals surface area contributed by atoms with E-state index in [0.29, 0.717) is 5.41 Å². The fourth-order valence-corrected chi connectivity index (χ4v) is 3.40. The van der Waals surface area contributed by atoms with Crippen molar-refractivity contribution in [3.63, 3.8) is 0 Å². The number of piperidine rings is 2. The number of likely N-dealkylation sites (tertiary alicyclic amines) is 1. The Labute approximate surface area is 93.4 Å². The Hall–Kier alpha value is -0.0800. The third kappa shape index (κ3) is 1.83. The summed E-state index contributed by atoms with van der Waals surface area (Å²) in [7, 11) is 0. The number of nitrogens with one attached hydrogen (secondary N) is 1. The normalized spacial score (nSPS) is 40.4. The second-order valence-electron chi connectivity index (χ2n) is 6.54. The third-order valence-corrected chi connectivity index (χ3v) is 5.06. The van der Waals surface area contributed by atoms with Gasteiger partial charge in [-0.15, -0.1) is 0 Å². The van der Waals surface area contributed by atoms with E-state index in [-0.39, 0.29) is 0 Å². The van der Waals surface area contributed by atoms with Gasteiger partial charge in [0.2, 0.25) is 0 Å². The molecule has 86 valence electrons. The summed E-state index contributed by atoms with van der Waals surface area (Å²) >= 11 is 0. The van der Waals surface area contributed by atoms with Gasteiger partial charge >= 0.3 is 0 Å². The summed E-state index contributed by atoms with van der Waals surface area (Å²) in [5.41, 5.74) is 0.575. The first-order valence-electron chi connectivity index (χ1n) is 6.59. The maximum Gasteiger partial charge on any atom is 0.00273 e. The summed E-state index contributed by atoms with van der Waals surface area (Å²) in [6.45, 7) is 11.5. The quantitative estimate of drug-likeness (QED) is 0.741. The minimum Gasteiger partial charge on any atom is -0.316 e. The van der Waals surface area contributed by atoms with Crippen LogP contribution in [-0.2, 0) is 0 Å². The van der Waals surface area contributed by atoms with Gasteiger partial charge < -0.3 is 10.2 Å². The van der Waals surface area contributed by atoms with Crippen LogP contribution in [0.1, 0.15) is 26.7 Å². The SMILES string of the molecule is CC1(C)C2CNCC1CN(CC1CC1)C2. The van der Waals surface area contributed by atoms with E-state index < -0.39 is 0 Å². The highest BCUT2D eigenvalue weighted by Gasteiger charge is 2.45. The molecule has 3 fully saturated rings. The Bertz CT molecular complexity index is 229. The third-order valence-electron chi connectivity index (χ3n) is 5.06. The molecule has 1 N–H and O–H groups in total. The molecule has 2 aliphatic heterocycles. The van der Waals surface area contributed by atoms with Crippen LogP contribution in [0.5, 0.6) is 0 Å². The smallest absolute Gasteiger partial charge is 0.00273 e. The number of nitrogens with zero attached hydrogens (tertiary/aromatic N) is 1. The summed E-state index contributed by atoms with van der Waals surface area (Å²) in [6, 6.07) is 0. The van der Waals surface area contributed by atoms with Gasteiger partial charge in [-0.25, -0.2) is 0 Å². The highest BCUT2D eigenvalue weighted by atomic mass is 15.2. The molecule has 2 saturated heterocycles. The number of hydrogen-bond donors (Lipinski definition) is 1.